The summed E-state index contributed by atoms with van der Waals surface area (Å²) in [5.41, 5.74) is 6.05. The fourth-order valence-corrected chi connectivity index (χ4v) is 2.27. The van der Waals surface area contributed by atoms with Crippen molar-refractivity contribution >= 4 is 23.2 Å². The van der Waals surface area contributed by atoms with E-state index in [1.807, 2.05) is 43.3 Å². The maximum absolute atomic E-state index is 12.0. The third kappa shape index (κ3) is 2.17. The van der Waals surface area contributed by atoms with Crippen molar-refractivity contribution in [3.63, 3.8) is 0 Å². The zero-order valence-corrected chi connectivity index (χ0v) is 11.0. The Morgan fingerprint density at radius 1 is 0.947 bits per heavy atom. The first kappa shape index (κ1) is 11.7. The van der Waals surface area contributed by atoms with E-state index < -0.39 is 0 Å². The summed E-state index contributed by atoms with van der Waals surface area (Å²) in [6, 6.07) is 14.2. The van der Waals surface area contributed by atoms with Gasteiger partial charge in [-0.25, -0.2) is 0 Å². The second kappa shape index (κ2) is 4.39. The first-order valence-electron chi connectivity index (χ1n) is 6.34. The Kier molecular flexibility index (Phi) is 2.71. The maximum atomic E-state index is 12.0. The topological polar surface area (TPSA) is 29.1 Å². The van der Waals surface area contributed by atoms with Crippen LogP contribution in [0.4, 0.5) is 5.69 Å². The van der Waals surface area contributed by atoms with Crippen molar-refractivity contribution in [2.45, 2.75) is 13.8 Å². The third-order valence-electron chi connectivity index (χ3n) is 3.35. The molecule has 2 heteroatoms. The Morgan fingerprint density at radius 3 is 2.37 bits per heavy atom. The summed E-state index contributed by atoms with van der Waals surface area (Å²) >= 11 is 0. The van der Waals surface area contributed by atoms with Crippen LogP contribution < -0.4 is 5.32 Å². The highest BCUT2D eigenvalue weighted by molar-refractivity contribution is 6.34. The average Bonchev–Trinajstić information content (AvgIpc) is 2.69. The summed E-state index contributed by atoms with van der Waals surface area (Å²) in [5, 5.41) is 2.90. The van der Waals surface area contributed by atoms with Gasteiger partial charge in [-0.15, -0.1) is 0 Å². The van der Waals surface area contributed by atoms with Crippen molar-refractivity contribution in [1.29, 1.82) is 0 Å². The van der Waals surface area contributed by atoms with Gasteiger partial charge in [0.2, 0.25) is 0 Å². The van der Waals surface area contributed by atoms with Gasteiger partial charge >= 0.3 is 0 Å². The number of anilines is 1. The van der Waals surface area contributed by atoms with E-state index in [9.17, 15) is 4.79 Å². The van der Waals surface area contributed by atoms with E-state index in [4.69, 9.17) is 0 Å². The van der Waals surface area contributed by atoms with Gasteiger partial charge < -0.3 is 5.32 Å². The first-order chi connectivity index (χ1) is 9.13. The largest absolute Gasteiger partial charge is 0.321 e. The van der Waals surface area contributed by atoms with Gasteiger partial charge in [-0.2, -0.15) is 0 Å². The first-order valence-corrected chi connectivity index (χ1v) is 6.34. The number of hydrogen-bond acceptors (Lipinski definition) is 1. The summed E-state index contributed by atoms with van der Waals surface area (Å²) in [6.07, 6.45) is 1.94. The van der Waals surface area contributed by atoms with Crippen molar-refractivity contribution < 1.29 is 4.79 Å². The predicted octanol–water partition coefficient (Wildman–Crippen LogP) is 3.80. The number of amides is 1. The van der Waals surface area contributed by atoms with Crippen LogP contribution >= 0.6 is 0 Å². The molecule has 0 fully saturated rings. The smallest absolute Gasteiger partial charge is 0.256 e. The molecule has 0 spiro atoms. The molecule has 94 valence electrons. The molecule has 1 heterocycles. The molecule has 1 amide bonds. The van der Waals surface area contributed by atoms with Crippen LogP contribution in [0.1, 0.15) is 22.3 Å². The van der Waals surface area contributed by atoms with E-state index in [1.165, 1.54) is 5.56 Å². The number of aryl methyl sites for hydroxylation is 2. The lowest BCUT2D eigenvalue weighted by Gasteiger charge is -2.01. The molecule has 0 saturated carbocycles. The van der Waals surface area contributed by atoms with Crippen molar-refractivity contribution in [3.05, 3.63) is 64.7 Å². The molecule has 2 aromatic rings. The standard InChI is InChI=1S/C17H15NO/c1-11-3-6-13(7-4-11)10-15-14-9-12(2)5-8-16(14)18-17(15)19/h3-10H,1-2H3,(H,18,19)/b15-10-. The predicted molar refractivity (Wildman–Crippen MR) is 78.9 cm³/mol. The summed E-state index contributed by atoms with van der Waals surface area (Å²) in [6.45, 7) is 4.09. The Bertz CT molecular complexity index is 681. The van der Waals surface area contributed by atoms with Crippen molar-refractivity contribution in [2.24, 2.45) is 0 Å². The minimum Gasteiger partial charge on any atom is -0.321 e. The Labute approximate surface area is 112 Å². The van der Waals surface area contributed by atoms with Crippen LogP contribution in [-0.4, -0.2) is 5.91 Å². The lowest BCUT2D eigenvalue weighted by atomic mass is 10.0. The van der Waals surface area contributed by atoms with E-state index in [1.54, 1.807) is 0 Å². The zero-order chi connectivity index (χ0) is 13.4. The second-order valence-electron chi connectivity index (χ2n) is 4.97. The van der Waals surface area contributed by atoms with Crippen LogP contribution in [0.5, 0.6) is 0 Å². The molecule has 3 rings (SSSR count). The lowest BCUT2D eigenvalue weighted by Crippen LogP contribution is -2.03. The quantitative estimate of drug-likeness (QED) is 0.765. The van der Waals surface area contributed by atoms with E-state index in [0.717, 1.165) is 28.0 Å². The highest BCUT2D eigenvalue weighted by Gasteiger charge is 2.23. The summed E-state index contributed by atoms with van der Waals surface area (Å²) in [4.78, 5) is 12.0. The molecule has 19 heavy (non-hydrogen) atoms. The molecule has 0 aliphatic carbocycles. The minimum absolute atomic E-state index is 0.0267. The van der Waals surface area contributed by atoms with Gasteiger partial charge in [-0.1, -0.05) is 41.5 Å². The molecular formula is C17H15NO. The van der Waals surface area contributed by atoms with Crippen LogP contribution in [0, 0.1) is 13.8 Å². The summed E-state index contributed by atoms with van der Waals surface area (Å²) in [5.74, 6) is -0.0267. The number of carbonyl (C=O) groups is 1. The van der Waals surface area contributed by atoms with Gasteiger partial charge in [0.25, 0.3) is 5.91 Å². The average molecular weight is 249 g/mol. The monoisotopic (exact) mass is 249 g/mol. The second-order valence-corrected chi connectivity index (χ2v) is 4.97. The maximum Gasteiger partial charge on any atom is 0.256 e. The molecule has 0 unspecified atom stereocenters. The molecular weight excluding hydrogens is 234 g/mol. The fraction of sp³-hybridized carbons (Fsp3) is 0.118. The van der Waals surface area contributed by atoms with Crippen LogP contribution in [0.15, 0.2) is 42.5 Å². The van der Waals surface area contributed by atoms with Gasteiger partial charge in [0.15, 0.2) is 0 Å². The normalized spacial score (nSPS) is 15.5. The number of nitrogens with one attached hydrogen (secondary N) is 1. The van der Waals surface area contributed by atoms with Crippen molar-refractivity contribution in [2.75, 3.05) is 5.32 Å². The minimum atomic E-state index is -0.0267. The summed E-state index contributed by atoms with van der Waals surface area (Å²) < 4.78 is 0. The van der Waals surface area contributed by atoms with Crippen LogP contribution in [0.3, 0.4) is 0 Å². The molecule has 1 aliphatic heterocycles. The molecule has 2 nitrogen and oxygen atoms in total. The van der Waals surface area contributed by atoms with Crippen LogP contribution in [0.25, 0.3) is 11.6 Å². The van der Waals surface area contributed by atoms with E-state index in [-0.39, 0.29) is 5.91 Å². The SMILES string of the molecule is Cc1ccc(/C=C2\C(=O)Nc3ccc(C)cc32)cc1. The highest BCUT2D eigenvalue weighted by Crippen LogP contribution is 2.33. The number of benzene rings is 2. The van der Waals surface area contributed by atoms with Gasteiger partial charge in [0.1, 0.15) is 0 Å². The Morgan fingerprint density at radius 2 is 1.63 bits per heavy atom. The molecule has 1 aliphatic rings. The van der Waals surface area contributed by atoms with Crippen LogP contribution in [-0.2, 0) is 4.79 Å². The van der Waals surface area contributed by atoms with Crippen molar-refractivity contribution in [3.8, 4) is 0 Å². The lowest BCUT2D eigenvalue weighted by molar-refractivity contribution is -0.110. The van der Waals surface area contributed by atoms with E-state index >= 15 is 0 Å². The highest BCUT2D eigenvalue weighted by atomic mass is 16.2. The number of hydrogen-bond donors (Lipinski definition) is 1. The van der Waals surface area contributed by atoms with Crippen LogP contribution in [0.2, 0.25) is 0 Å². The molecule has 0 radical (unpaired) electrons. The van der Waals surface area contributed by atoms with E-state index in [2.05, 4.69) is 24.4 Å². The number of rotatable bonds is 1. The molecule has 2 aromatic carbocycles. The van der Waals surface area contributed by atoms with Gasteiger partial charge in [0, 0.05) is 16.8 Å². The zero-order valence-electron chi connectivity index (χ0n) is 11.0. The number of carbonyl (C=O) groups excluding carboxylic acids is 1. The van der Waals surface area contributed by atoms with Gasteiger partial charge in [0.05, 0.1) is 0 Å². The third-order valence-corrected chi connectivity index (χ3v) is 3.35. The molecule has 0 atom stereocenters. The number of fused-ring (bicyclic) bond motifs is 1. The van der Waals surface area contributed by atoms with Gasteiger partial charge in [-0.05, 0) is 37.6 Å². The van der Waals surface area contributed by atoms with E-state index in [0.29, 0.717) is 0 Å². The summed E-state index contributed by atoms with van der Waals surface area (Å²) in [7, 11) is 0. The Balaban J connectivity index is 2.08. The van der Waals surface area contributed by atoms with Gasteiger partial charge in [-0.3, -0.25) is 4.79 Å². The molecule has 1 N–H and O–H groups in total. The van der Waals surface area contributed by atoms with Crippen molar-refractivity contribution in [1.82, 2.24) is 0 Å². The Hall–Kier alpha value is -2.35. The molecule has 0 bridgehead atoms. The molecule has 0 aromatic heterocycles. The molecule has 0 saturated heterocycles. The fourth-order valence-electron chi connectivity index (χ4n) is 2.27.